The molecule has 0 aliphatic carbocycles. The number of hydrogen-bond donors (Lipinski definition) is 0. The van der Waals surface area contributed by atoms with E-state index in [1.54, 1.807) is 6.20 Å². The average Bonchev–Trinajstić information content (AvgIpc) is 3.29. The van der Waals surface area contributed by atoms with Gasteiger partial charge in [-0.15, -0.1) is 0 Å². The van der Waals surface area contributed by atoms with E-state index >= 15 is 0 Å². The fourth-order valence-corrected chi connectivity index (χ4v) is 3.24. The molecule has 29 heavy (non-hydrogen) atoms. The molecular weight excluding hydrogens is 356 g/mol. The summed E-state index contributed by atoms with van der Waals surface area (Å²) in [4.78, 5) is 9.10. The molecule has 5 rings (SSSR count). The highest BCUT2D eigenvalue weighted by molar-refractivity contribution is 5.81. The smallest absolute Gasteiger partial charge is 0.226 e. The molecule has 0 N–H and O–H groups in total. The van der Waals surface area contributed by atoms with Gasteiger partial charge in [0.2, 0.25) is 5.89 Å². The first-order valence-electron chi connectivity index (χ1n) is 9.51. The van der Waals surface area contributed by atoms with E-state index in [9.17, 15) is 0 Å². The van der Waals surface area contributed by atoms with Gasteiger partial charge >= 0.3 is 0 Å². The molecule has 0 atom stereocenters. The minimum Gasteiger partial charge on any atom is -0.436 e. The van der Waals surface area contributed by atoms with Gasteiger partial charge in [0.1, 0.15) is 0 Å². The summed E-state index contributed by atoms with van der Waals surface area (Å²) in [6, 6.07) is 30.4. The molecule has 2 aromatic heterocycles. The minimum atomic E-state index is 0.621. The molecule has 138 valence electrons. The van der Waals surface area contributed by atoms with Gasteiger partial charge in [0.25, 0.3) is 0 Å². The van der Waals surface area contributed by atoms with Gasteiger partial charge in [-0.2, -0.15) is 0 Å². The zero-order valence-corrected chi connectivity index (χ0v) is 15.7. The van der Waals surface area contributed by atoms with E-state index in [0.29, 0.717) is 5.89 Å². The zero-order chi connectivity index (χ0) is 19.5. The van der Waals surface area contributed by atoms with Crippen LogP contribution in [0.3, 0.4) is 0 Å². The molecule has 2 heterocycles. The summed E-state index contributed by atoms with van der Waals surface area (Å²) >= 11 is 0. The Hall–Kier alpha value is -3.98. The SMILES string of the molecule is C(=C/c1ccc2ccccc2n1)/c1ccc(-c2ncc(-c3ccccc3)o2)cc1. The van der Waals surface area contributed by atoms with Gasteiger partial charge in [0.15, 0.2) is 5.76 Å². The highest BCUT2D eigenvalue weighted by Crippen LogP contribution is 2.26. The Balaban J connectivity index is 1.34. The molecule has 0 unspecified atom stereocenters. The van der Waals surface area contributed by atoms with Crippen molar-refractivity contribution in [2.24, 2.45) is 0 Å². The van der Waals surface area contributed by atoms with E-state index in [1.165, 1.54) is 0 Å². The average molecular weight is 374 g/mol. The number of para-hydroxylation sites is 1. The van der Waals surface area contributed by atoms with Crippen molar-refractivity contribution < 1.29 is 4.42 Å². The number of benzene rings is 3. The summed E-state index contributed by atoms with van der Waals surface area (Å²) < 4.78 is 5.93. The van der Waals surface area contributed by atoms with Crippen LogP contribution in [0.1, 0.15) is 11.3 Å². The number of pyridine rings is 1. The van der Waals surface area contributed by atoms with Gasteiger partial charge in [-0.1, -0.05) is 72.8 Å². The highest BCUT2D eigenvalue weighted by Gasteiger charge is 2.08. The number of nitrogens with zero attached hydrogens (tertiary/aromatic N) is 2. The predicted molar refractivity (Wildman–Crippen MR) is 118 cm³/mol. The van der Waals surface area contributed by atoms with Gasteiger partial charge < -0.3 is 4.42 Å². The third-order valence-electron chi connectivity index (χ3n) is 4.79. The van der Waals surface area contributed by atoms with Crippen LogP contribution in [0.15, 0.2) is 102 Å². The maximum absolute atomic E-state index is 5.93. The van der Waals surface area contributed by atoms with Crippen LogP contribution in [0.2, 0.25) is 0 Å². The molecule has 0 amide bonds. The topological polar surface area (TPSA) is 38.9 Å². The lowest BCUT2D eigenvalue weighted by atomic mass is 10.1. The predicted octanol–water partition coefficient (Wildman–Crippen LogP) is 6.73. The Morgan fingerprint density at radius 2 is 1.45 bits per heavy atom. The normalized spacial score (nSPS) is 11.3. The van der Waals surface area contributed by atoms with Crippen LogP contribution in [0.25, 0.3) is 45.8 Å². The number of rotatable bonds is 4. The molecule has 3 heteroatoms. The van der Waals surface area contributed by atoms with E-state index in [1.807, 2.05) is 72.8 Å². The lowest BCUT2D eigenvalue weighted by Crippen LogP contribution is -1.82. The molecule has 5 aromatic rings. The van der Waals surface area contributed by atoms with Crippen LogP contribution in [0.5, 0.6) is 0 Å². The summed E-state index contributed by atoms with van der Waals surface area (Å²) in [5.41, 5.74) is 5.01. The Morgan fingerprint density at radius 3 is 2.31 bits per heavy atom. The van der Waals surface area contributed by atoms with Crippen molar-refractivity contribution >= 4 is 23.1 Å². The fraction of sp³-hybridized carbons (Fsp3) is 0. The summed E-state index contributed by atoms with van der Waals surface area (Å²) in [6.45, 7) is 0. The Morgan fingerprint density at radius 1 is 0.655 bits per heavy atom. The van der Waals surface area contributed by atoms with Crippen LogP contribution in [-0.2, 0) is 0 Å². The molecule has 0 bridgehead atoms. The standard InChI is InChI=1S/C26H18N2O/c1-2-7-21(8-3-1)25-18-27-26(29-25)22-13-10-19(11-14-22)12-16-23-17-15-20-6-4-5-9-24(20)28-23/h1-18H/b16-12-. The van der Waals surface area contributed by atoms with E-state index in [2.05, 4.69) is 40.3 Å². The van der Waals surface area contributed by atoms with E-state index in [0.717, 1.165) is 39.0 Å². The van der Waals surface area contributed by atoms with Crippen molar-refractivity contribution in [2.75, 3.05) is 0 Å². The molecule has 0 radical (unpaired) electrons. The Kier molecular flexibility index (Phi) is 4.47. The number of oxazole rings is 1. The Bertz CT molecular complexity index is 1290. The highest BCUT2D eigenvalue weighted by atomic mass is 16.4. The molecule has 0 spiro atoms. The summed E-state index contributed by atoms with van der Waals surface area (Å²) in [6.07, 6.45) is 5.86. The van der Waals surface area contributed by atoms with Gasteiger partial charge in [0.05, 0.1) is 17.4 Å². The summed E-state index contributed by atoms with van der Waals surface area (Å²) in [7, 11) is 0. The first-order chi connectivity index (χ1) is 14.3. The summed E-state index contributed by atoms with van der Waals surface area (Å²) in [5.74, 6) is 1.39. The molecule has 0 aliphatic heterocycles. The molecule has 3 nitrogen and oxygen atoms in total. The lowest BCUT2D eigenvalue weighted by molar-refractivity contribution is 0.589. The lowest BCUT2D eigenvalue weighted by Gasteiger charge is -2.00. The van der Waals surface area contributed by atoms with Gasteiger partial charge in [-0.25, -0.2) is 9.97 Å². The third-order valence-corrected chi connectivity index (χ3v) is 4.79. The van der Waals surface area contributed by atoms with Gasteiger partial charge in [-0.3, -0.25) is 0 Å². The van der Waals surface area contributed by atoms with Crippen LogP contribution >= 0.6 is 0 Å². The van der Waals surface area contributed by atoms with E-state index in [-0.39, 0.29) is 0 Å². The minimum absolute atomic E-state index is 0.621. The maximum atomic E-state index is 5.93. The second-order valence-electron chi connectivity index (χ2n) is 6.78. The van der Waals surface area contributed by atoms with Gasteiger partial charge in [-0.05, 0) is 35.9 Å². The molecule has 0 saturated carbocycles. The Labute approximate surface area is 169 Å². The van der Waals surface area contributed by atoms with Crippen LogP contribution in [-0.4, -0.2) is 9.97 Å². The van der Waals surface area contributed by atoms with Crippen molar-refractivity contribution in [2.45, 2.75) is 0 Å². The maximum Gasteiger partial charge on any atom is 0.226 e. The fourth-order valence-electron chi connectivity index (χ4n) is 3.24. The monoisotopic (exact) mass is 374 g/mol. The second kappa shape index (κ2) is 7.56. The molecule has 3 aromatic carbocycles. The van der Waals surface area contributed by atoms with Crippen molar-refractivity contribution in [1.82, 2.24) is 9.97 Å². The quantitative estimate of drug-likeness (QED) is 0.350. The second-order valence-corrected chi connectivity index (χ2v) is 6.78. The van der Waals surface area contributed by atoms with Crippen molar-refractivity contribution in [3.05, 3.63) is 108 Å². The van der Waals surface area contributed by atoms with Crippen molar-refractivity contribution in [3.8, 4) is 22.8 Å². The van der Waals surface area contributed by atoms with Gasteiger partial charge in [0, 0.05) is 16.5 Å². The number of aromatic nitrogens is 2. The van der Waals surface area contributed by atoms with Crippen LogP contribution in [0, 0.1) is 0 Å². The molecule has 0 saturated heterocycles. The largest absolute Gasteiger partial charge is 0.436 e. The van der Waals surface area contributed by atoms with Crippen LogP contribution in [0.4, 0.5) is 0 Å². The van der Waals surface area contributed by atoms with Crippen molar-refractivity contribution in [3.63, 3.8) is 0 Å². The molecular formula is C26H18N2O. The number of fused-ring (bicyclic) bond motifs is 1. The summed E-state index contributed by atoms with van der Waals surface area (Å²) in [5, 5.41) is 1.15. The third kappa shape index (κ3) is 3.71. The van der Waals surface area contributed by atoms with E-state index in [4.69, 9.17) is 4.42 Å². The molecule has 0 fully saturated rings. The molecule has 0 aliphatic rings. The first-order valence-corrected chi connectivity index (χ1v) is 9.51. The van der Waals surface area contributed by atoms with Crippen molar-refractivity contribution in [1.29, 1.82) is 0 Å². The zero-order valence-electron chi connectivity index (χ0n) is 15.7. The van der Waals surface area contributed by atoms with Crippen LogP contribution < -0.4 is 0 Å². The number of hydrogen-bond acceptors (Lipinski definition) is 3. The first kappa shape index (κ1) is 17.1. The van der Waals surface area contributed by atoms with E-state index < -0.39 is 0 Å².